The van der Waals surface area contributed by atoms with E-state index >= 15 is 0 Å². The maximum absolute atomic E-state index is 4.34. The van der Waals surface area contributed by atoms with Crippen molar-refractivity contribution in [3.05, 3.63) is 41.3 Å². The number of hydrogen-bond acceptors (Lipinski definition) is 4. The maximum Gasteiger partial charge on any atom is 0.228 e. The molecule has 0 unspecified atom stereocenters. The third kappa shape index (κ3) is 2.53. The van der Waals surface area contributed by atoms with Gasteiger partial charge in [0.2, 0.25) is 5.95 Å². The van der Waals surface area contributed by atoms with Crippen LogP contribution in [0.15, 0.2) is 24.3 Å². The predicted octanol–water partition coefficient (Wildman–Crippen LogP) is 2.54. The Morgan fingerprint density at radius 3 is 2.19 bits per heavy atom. The fraction of sp³-hybridized carbons (Fsp3) is 0.250. The molecule has 0 amide bonds. The first-order valence-electron chi connectivity index (χ1n) is 5.16. The summed E-state index contributed by atoms with van der Waals surface area (Å²) in [6.07, 6.45) is 0. The molecule has 2 aromatic rings. The summed E-state index contributed by atoms with van der Waals surface area (Å²) in [6.45, 7) is 5.85. The minimum Gasteiger partial charge on any atom is -0.309 e. The molecule has 0 saturated heterocycles. The topological polar surface area (TPSA) is 50.7 Å². The summed E-state index contributed by atoms with van der Waals surface area (Å²) in [7, 11) is 0. The van der Waals surface area contributed by atoms with Crippen LogP contribution < -0.4 is 5.32 Å². The molecule has 2 heterocycles. The summed E-state index contributed by atoms with van der Waals surface area (Å²) in [5.41, 5.74) is 2.86. The lowest BCUT2D eigenvalue weighted by molar-refractivity contribution is 1.05. The van der Waals surface area contributed by atoms with Gasteiger partial charge in [-0.25, -0.2) is 15.0 Å². The standard InChI is InChI=1S/C12H14N4/c1-8-5-4-6-11(13-8)16-12-14-9(2)7-10(3)15-12/h4-7H,1-3H3,(H,13,14,15,16). The zero-order valence-electron chi connectivity index (χ0n) is 9.65. The van der Waals surface area contributed by atoms with Gasteiger partial charge < -0.3 is 5.32 Å². The average molecular weight is 214 g/mol. The van der Waals surface area contributed by atoms with E-state index in [4.69, 9.17) is 0 Å². The van der Waals surface area contributed by atoms with Crippen LogP contribution in [-0.2, 0) is 0 Å². The number of nitrogens with zero attached hydrogens (tertiary/aromatic N) is 3. The molecule has 82 valence electrons. The van der Waals surface area contributed by atoms with Crippen LogP contribution in [0.25, 0.3) is 0 Å². The summed E-state index contributed by atoms with van der Waals surface area (Å²) in [5.74, 6) is 1.36. The summed E-state index contributed by atoms with van der Waals surface area (Å²) < 4.78 is 0. The molecule has 2 aromatic heterocycles. The van der Waals surface area contributed by atoms with E-state index in [-0.39, 0.29) is 0 Å². The third-order valence-electron chi connectivity index (χ3n) is 2.11. The number of rotatable bonds is 2. The molecule has 0 radical (unpaired) electrons. The fourth-order valence-electron chi connectivity index (χ4n) is 1.51. The highest BCUT2D eigenvalue weighted by atomic mass is 15.1. The summed E-state index contributed by atoms with van der Waals surface area (Å²) in [6, 6.07) is 7.74. The van der Waals surface area contributed by atoms with Crippen molar-refractivity contribution < 1.29 is 0 Å². The van der Waals surface area contributed by atoms with E-state index in [0.29, 0.717) is 5.95 Å². The van der Waals surface area contributed by atoms with E-state index in [1.54, 1.807) is 0 Å². The van der Waals surface area contributed by atoms with E-state index in [0.717, 1.165) is 22.9 Å². The molecule has 0 bridgehead atoms. The molecule has 4 heteroatoms. The molecule has 0 aliphatic heterocycles. The summed E-state index contributed by atoms with van der Waals surface area (Å²) >= 11 is 0. The van der Waals surface area contributed by atoms with Crippen LogP contribution in [0.5, 0.6) is 0 Å². The molecule has 0 atom stereocenters. The number of hydrogen-bond donors (Lipinski definition) is 1. The molecule has 0 spiro atoms. The van der Waals surface area contributed by atoms with Crippen LogP contribution in [0.3, 0.4) is 0 Å². The van der Waals surface area contributed by atoms with Crippen molar-refractivity contribution in [1.29, 1.82) is 0 Å². The van der Waals surface area contributed by atoms with Gasteiger partial charge in [0.15, 0.2) is 0 Å². The van der Waals surface area contributed by atoms with Gasteiger partial charge in [-0.1, -0.05) is 6.07 Å². The van der Waals surface area contributed by atoms with Crippen LogP contribution >= 0.6 is 0 Å². The van der Waals surface area contributed by atoms with E-state index in [1.165, 1.54) is 0 Å². The SMILES string of the molecule is Cc1cccc(Nc2nc(C)cc(C)n2)n1. The first kappa shape index (κ1) is 10.5. The predicted molar refractivity (Wildman–Crippen MR) is 63.8 cm³/mol. The first-order chi connectivity index (χ1) is 7.63. The van der Waals surface area contributed by atoms with Gasteiger partial charge in [-0.05, 0) is 39.0 Å². The highest BCUT2D eigenvalue weighted by molar-refractivity contribution is 5.47. The number of nitrogens with one attached hydrogen (secondary N) is 1. The molecular weight excluding hydrogens is 200 g/mol. The third-order valence-corrected chi connectivity index (χ3v) is 2.11. The second kappa shape index (κ2) is 4.26. The van der Waals surface area contributed by atoms with Crippen molar-refractivity contribution in [1.82, 2.24) is 15.0 Å². The lowest BCUT2D eigenvalue weighted by Gasteiger charge is -2.06. The Hall–Kier alpha value is -1.97. The smallest absolute Gasteiger partial charge is 0.228 e. The maximum atomic E-state index is 4.34. The molecule has 0 fully saturated rings. The minimum atomic E-state index is 0.593. The van der Waals surface area contributed by atoms with Gasteiger partial charge in [0, 0.05) is 17.1 Å². The molecule has 0 saturated carbocycles. The van der Waals surface area contributed by atoms with E-state index in [9.17, 15) is 0 Å². The first-order valence-corrected chi connectivity index (χ1v) is 5.16. The van der Waals surface area contributed by atoms with E-state index < -0.39 is 0 Å². The Balaban J connectivity index is 2.27. The fourth-order valence-corrected chi connectivity index (χ4v) is 1.51. The normalized spacial score (nSPS) is 10.2. The van der Waals surface area contributed by atoms with Gasteiger partial charge >= 0.3 is 0 Å². The number of pyridine rings is 1. The minimum absolute atomic E-state index is 0.593. The van der Waals surface area contributed by atoms with Crippen LogP contribution in [0.4, 0.5) is 11.8 Å². The Labute approximate surface area is 94.8 Å². The zero-order valence-corrected chi connectivity index (χ0v) is 9.65. The van der Waals surface area contributed by atoms with Gasteiger partial charge in [0.25, 0.3) is 0 Å². The van der Waals surface area contributed by atoms with Crippen molar-refractivity contribution >= 4 is 11.8 Å². The average Bonchev–Trinajstić information content (AvgIpc) is 2.15. The molecule has 0 aromatic carbocycles. The van der Waals surface area contributed by atoms with Gasteiger partial charge in [0.05, 0.1) is 0 Å². The lowest BCUT2D eigenvalue weighted by Crippen LogP contribution is -2.01. The second-order valence-corrected chi connectivity index (χ2v) is 3.76. The summed E-state index contributed by atoms with van der Waals surface area (Å²) in [4.78, 5) is 12.9. The lowest BCUT2D eigenvalue weighted by atomic mass is 10.3. The molecule has 16 heavy (non-hydrogen) atoms. The monoisotopic (exact) mass is 214 g/mol. The van der Waals surface area contributed by atoms with Crippen LogP contribution in [0, 0.1) is 20.8 Å². The van der Waals surface area contributed by atoms with Crippen LogP contribution in [0.1, 0.15) is 17.1 Å². The van der Waals surface area contributed by atoms with Crippen molar-refractivity contribution in [2.75, 3.05) is 5.32 Å². The largest absolute Gasteiger partial charge is 0.309 e. The molecule has 0 aliphatic rings. The molecular formula is C12H14N4. The quantitative estimate of drug-likeness (QED) is 0.834. The van der Waals surface area contributed by atoms with Crippen LogP contribution in [-0.4, -0.2) is 15.0 Å². The highest BCUT2D eigenvalue weighted by Gasteiger charge is 2.00. The Morgan fingerprint density at radius 2 is 1.56 bits per heavy atom. The number of anilines is 2. The summed E-state index contributed by atoms with van der Waals surface area (Å²) in [5, 5.41) is 3.09. The van der Waals surface area contributed by atoms with Gasteiger partial charge in [-0.15, -0.1) is 0 Å². The van der Waals surface area contributed by atoms with Crippen molar-refractivity contribution in [3.8, 4) is 0 Å². The Morgan fingerprint density at radius 1 is 0.875 bits per heavy atom. The second-order valence-electron chi connectivity index (χ2n) is 3.76. The van der Waals surface area contributed by atoms with Crippen molar-refractivity contribution in [2.24, 2.45) is 0 Å². The number of aryl methyl sites for hydroxylation is 3. The number of aromatic nitrogens is 3. The highest BCUT2D eigenvalue weighted by Crippen LogP contribution is 2.11. The molecule has 2 rings (SSSR count). The Kier molecular flexibility index (Phi) is 2.81. The van der Waals surface area contributed by atoms with Gasteiger partial charge in [-0.3, -0.25) is 0 Å². The Bertz CT molecular complexity index is 488. The van der Waals surface area contributed by atoms with Crippen LogP contribution in [0.2, 0.25) is 0 Å². The molecule has 4 nitrogen and oxygen atoms in total. The van der Waals surface area contributed by atoms with Gasteiger partial charge in [0.1, 0.15) is 5.82 Å². The van der Waals surface area contributed by atoms with E-state index in [2.05, 4.69) is 20.3 Å². The van der Waals surface area contributed by atoms with Gasteiger partial charge in [-0.2, -0.15) is 0 Å². The van der Waals surface area contributed by atoms with Crippen molar-refractivity contribution in [2.45, 2.75) is 20.8 Å². The molecule has 1 N–H and O–H groups in total. The van der Waals surface area contributed by atoms with E-state index in [1.807, 2.05) is 45.0 Å². The zero-order chi connectivity index (χ0) is 11.5. The van der Waals surface area contributed by atoms with Crippen molar-refractivity contribution in [3.63, 3.8) is 0 Å². The molecule has 0 aliphatic carbocycles.